The average molecular weight is 463 g/mol. The second-order valence-corrected chi connectivity index (χ2v) is 10.1. The normalized spacial score (nSPS) is 19.0. The first-order valence-electron chi connectivity index (χ1n) is 10.8. The smallest absolute Gasteiger partial charge is 0.257 e. The Morgan fingerprint density at radius 3 is 2.64 bits per heavy atom. The molecule has 3 aromatic rings. The van der Waals surface area contributed by atoms with Gasteiger partial charge >= 0.3 is 0 Å². The summed E-state index contributed by atoms with van der Waals surface area (Å²) in [6, 6.07) is 10.2. The van der Waals surface area contributed by atoms with Crippen LogP contribution in [0.1, 0.15) is 49.3 Å². The lowest BCUT2D eigenvalue weighted by Gasteiger charge is -2.38. The molecule has 168 valence electrons. The van der Waals surface area contributed by atoms with Gasteiger partial charge in [-0.25, -0.2) is 9.37 Å². The van der Waals surface area contributed by atoms with Crippen LogP contribution in [0.3, 0.4) is 0 Å². The molecule has 0 bridgehead atoms. The van der Waals surface area contributed by atoms with Crippen LogP contribution in [0.15, 0.2) is 70.0 Å². The third-order valence-corrected chi connectivity index (χ3v) is 6.98. The van der Waals surface area contributed by atoms with Crippen molar-refractivity contribution >= 4 is 23.4 Å². The summed E-state index contributed by atoms with van der Waals surface area (Å²) in [5.41, 5.74) is 2.73. The molecule has 6 nitrogen and oxygen atoms in total. The van der Waals surface area contributed by atoms with Crippen LogP contribution in [0.5, 0.6) is 0 Å². The van der Waals surface area contributed by atoms with Gasteiger partial charge in [0.1, 0.15) is 11.6 Å². The number of anilines is 1. The molecule has 33 heavy (non-hydrogen) atoms. The van der Waals surface area contributed by atoms with Crippen molar-refractivity contribution in [2.24, 2.45) is 5.41 Å². The molecule has 0 radical (unpaired) electrons. The molecule has 1 aromatic carbocycles. The first-order valence-corrected chi connectivity index (χ1v) is 11.7. The Kier molecular flexibility index (Phi) is 5.40. The molecular formula is C25H23FN4O2S. The highest BCUT2D eigenvalue weighted by molar-refractivity contribution is 7.98. The van der Waals surface area contributed by atoms with Crippen molar-refractivity contribution in [3.63, 3.8) is 0 Å². The van der Waals surface area contributed by atoms with Gasteiger partial charge in [-0.15, -0.1) is 0 Å². The van der Waals surface area contributed by atoms with Crippen molar-refractivity contribution in [3.05, 3.63) is 92.9 Å². The van der Waals surface area contributed by atoms with E-state index in [0.717, 1.165) is 11.3 Å². The Hall–Kier alpha value is -3.26. The first-order chi connectivity index (χ1) is 15.8. The molecule has 1 aliphatic heterocycles. The largest absolute Gasteiger partial charge is 0.343 e. The minimum atomic E-state index is -0.510. The highest BCUT2D eigenvalue weighted by atomic mass is 32.2. The van der Waals surface area contributed by atoms with E-state index in [9.17, 15) is 14.0 Å². The molecule has 8 heteroatoms. The summed E-state index contributed by atoms with van der Waals surface area (Å²) >= 11 is 1.26. The number of fused-ring (bicyclic) bond motifs is 1. The van der Waals surface area contributed by atoms with E-state index in [2.05, 4.69) is 34.1 Å². The number of aromatic amines is 1. The second kappa shape index (κ2) is 8.26. The van der Waals surface area contributed by atoms with Gasteiger partial charge in [-0.2, -0.15) is 0 Å². The number of H-pyrrole nitrogens is 1. The van der Waals surface area contributed by atoms with Gasteiger partial charge in [-0.1, -0.05) is 43.8 Å². The molecule has 2 aliphatic rings. The number of nitrogens with zero attached hydrogens (tertiary/aromatic N) is 2. The number of hydrogen-bond acceptors (Lipinski definition) is 6. The van der Waals surface area contributed by atoms with Crippen LogP contribution in [0.2, 0.25) is 0 Å². The molecule has 3 heterocycles. The van der Waals surface area contributed by atoms with Gasteiger partial charge < -0.3 is 10.3 Å². The maximum atomic E-state index is 14.0. The molecule has 1 atom stereocenters. The zero-order valence-electron chi connectivity index (χ0n) is 18.3. The Balaban J connectivity index is 1.58. The molecule has 0 saturated heterocycles. The Bertz CT molecular complexity index is 1330. The number of nitrogens with one attached hydrogen (secondary N) is 2. The van der Waals surface area contributed by atoms with E-state index in [1.807, 2.05) is 12.1 Å². The molecule has 0 saturated carbocycles. The number of pyridine rings is 1. The van der Waals surface area contributed by atoms with Gasteiger partial charge in [-0.3, -0.25) is 14.6 Å². The lowest BCUT2D eigenvalue weighted by Crippen LogP contribution is -2.37. The third kappa shape index (κ3) is 4.11. The number of hydrogen-bond donors (Lipinski definition) is 2. The summed E-state index contributed by atoms with van der Waals surface area (Å²) in [6.07, 6.45) is 4.43. The molecule has 2 aromatic heterocycles. The summed E-state index contributed by atoms with van der Waals surface area (Å²) < 4.78 is 14.0. The fraction of sp³-hybridized carbons (Fsp3) is 0.280. The fourth-order valence-electron chi connectivity index (χ4n) is 4.61. The predicted molar refractivity (Wildman–Crippen MR) is 126 cm³/mol. The average Bonchev–Trinajstić information content (AvgIpc) is 2.77. The number of carbonyl (C=O) groups is 1. The van der Waals surface area contributed by atoms with Crippen LogP contribution in [0, 0.1) is 11.2 Å². The molecular weight excluding hydrogens is 439 g/mol. The van der Waals surface area contributed by atoms with E-state index in [1.165, 1.54) is 17.8 Å². The van der Waals surface area contributed by atoms with Crippen LogP contribution in [0.25, 0.3) is 0 Å². The van der Waals surface area contributed by atoms with E-state index in [4.69, 9.17) is 0 Å². The van der Waals surface area contributed by atoms with Gasteiger partial charge in [0.2, 0.25) is 0 Å². The van der Waals surface area contributed by atoms with E-state index in [1.54, 1.807) is 30.6 Å². The predicted octanol–water partition coefficient (Wildman–Crippen LogP) is 4.80. The number of allylic oxidation sites excluding steroid dienone is 2. The van der Waals surface area contributed by atoms with Gasteiger partial charge in [0.05, 0.1) is 5.56 Å². The second-order valence-electron chi connectivity index (χ2n) is 9.19. The number of aromatic nitrogens is 3. The minimum absolute atomic E-state index is 0.0404. The summed E-state index contributed by atoms with van der Waals surface area (Å²) in [5.74, 6) is 0.0184. The summed E-state index contributed by atoms with van der Waals surface area (Å²) in [4.78, 5) is 38.1. The number of rotatable bonds is 4. The van der Waals surface area contributed by atoms with E-state index in [-0.39, 0.29) is 22.6 Å². The molecule has 1 aliphatic carbocycles. The zero-order valence-corrected chi connectivity index (χ0v) is 19.1. The molecule has 5 rings (SSSR count). The molecule has 0 spiro atoms. The van der Waals surface area contributed by atoms with Crippen LogP contribution in [-0.2, 0) is 10.5 Å². The maximum Gasteiger partial charge on any atom is 0.257 e. The zero-order chi connectivity index (χ0) is 23.2. The number of benzene rings is 1. The van der Waals surface area contributed by atoms with Gasteiger partial charge in [-0.05, 0) is 41.2 Å². The van der Waals surface area contributed by atoms with Crippen molar-refractivity contribution in [2.75, 3.05) is 5.32 Å². The van der Waals surface area contributed by atoms with Crippen molar-refractivity contribution in [1.29, 1.82) is 0 Å². The van der Waals surface area contributed by atoms with Crippen molar-refractivity contribution < 1.29 is 9.18 Å². The highest BCUT2D eigenvalue weighted by Crippen LogP contribution is 2.47. The molecule has 0 fully saturated rings. The maximum absolute atomic E-state index is 14.0. The monoisotopic (exact) mass is 462 g/mol. The lowest BCUT2D eigenvalue weighted by atomic mass is 9.69. The Labute approximate surface area is 194 Å². The minimum Gasteiger partial charge on any atom is -0.343 e. The number of carbonyl (C=O) groups excluding carboxylic acids is 1. The number of halogens is 1. The van der Waals surface area contributed by atoms with Crippen molar-refractivity contribution in [3.8, 4) is 0 Å². The third-order valence-electron chi connectivity index (χ3n) is 6.06. The fourth-order valence-corrected chi connectivity index (χ4v) is 5.46. The topological polar surface area (TPSA) is 87.7 Å². The number of Topliss-reactive ketones (excluding diaryl/α,β-unsaturated/α-hetero) is 1. The first kappa shape index (κ1) is 21.6. The summed E-state index contributed by atoms with van der Waals surface area (Å²) in [5, 5.41) is 3.70. The van der Waals surface area contributed by atoms with E-state index < -0.39 is 5.92 Å². The molecule has 0 amide bonds. The Morgan fingerprint density at radius 1 is 1.12 bits per heavy atom. The lowest BCUT2D eigenvalue weighted by molar-refractivity contribution is -0.118. The van der Waals surface area contributed by atoms with Crippen LogP contribution < -0.4 is 10.9 Å². The van der Waals surface area contributed by atoms with Gasteiger partial charge in [0, 0.05) is 41.8 Å². The molecule has 0 unspecified atom stereocenters. The van der Waals surface area contributed by atoms with Crippen molar-refractivity contribution in [2.45, 2.75) is 43.5 Å². The highest BCUT2D eigenvalue weighted by Gasteiger charge is 2.42. The van der Waals surface area contributed by atoms with Crippen LogP contribution >= 0.6 is 11.8 Å². The summed E-state index contributed by atoms with van der Waals surface area (Å²) in [6.45, 7) is 4.13. The van der Waals surface area contributed by atoms with Gasteiger partial charge in [0.25, 0.3) is 5.56 Å². The SMILES string of the molecule is CC1(C)CC(=O)C2=C(C1)Nc1nc(SCc3ccccc3F)[nH]c(=O)c1[C@H]2c1ccncc1. The van der Waals surface area contributed by atoms with Crippen LogP contribution in [-0.4, -0.2) is 20.7 Å². The van der Waals surface area contributed by atoms with E-state index in [0.29, 0.717) is 46.3 Å². The van der Waals surface area contributed by atoms with Gasteiger partial charge in [0.15, 0.2) is 10.9 Å². The summed E-state index contributed by atoms with van der Waals surface area (Å²) in [7, 11) is 0. The Morgan fingerprint density at radius 2 is 1.88 bits per heavy atom. The van der Waals surface area contributed by atoms with E-state index >= 15 is 0 Å². The molecule has 2 N–H and O–H groups in total. The number of ketones is 1. The van der Waals surface area contributed by atoms with Crippen molar-refractivity contribution in [1.82, 2.24) is 15.0 Å². The quantitative estimate of drug-likeness (QED) is 0.428. The van der Waals surface area contributed by atoms with Crippen LogP contribution in [0.4, 0.5) is 10.2 Å². The standard InChI is InChI=1S/C25H23FN4O2S/c1-25(2)11-17-20(18(31)12-25)19(14-7-9-27-10-8-14)21-22(28-17)29-24(30-23(21)32)33-13-15-5-3-4-6-16(15)26/h3-10,19H,11-13H2,1-2H3,(H2,28,29,30,32)/t19-/m0/s1. The number of thioether (sulfide) groups is 1.